The van der Waals surface area contributed by atoms with Crippen LogP contribution in [0.25, 0.3) is 0 Å². The first-order valence-corrected chi connectivity index (χ1v) is 8.20. The van der Waals surface area contributed by atoms with Gasteiger partial charge in [-0.2, -0.15) is 0 Å². The minimum atomic E-state index is -3.13. The average molecular weight is 269 g/mol. The first kappa shape index (κ1) is 15.2. The summed E-state index contributed by atoms with van der Waals surface area (Å²) in [5.74, 6) is 0.222. The number of sulfone groups is 1. The number of benzene rings is 1. The first-order valence-electron chi connectivity index (χ1n) is 6.55. The van der Waals surface area contributed by atoms with Crippen molar-refractivity contribution in [2.75, 3.05) is 12.3 Å². The van der Waals surface area contributed by atoms with Crippen LogP contribution >= 0.6 is 0 Å². The predicted octanol–water partition coefficient (Wildman–Crippen LogP) is 2.41. The van der Waals surface area contributed by atoms with Gasteiger partial charge in [0.2, 0.25) is 0 Å². The van der Waals surface area contributed by atoms with Gasteiger partial charge in [-0.05, 0) is 37.9 Å². The van der Waals surface area contributed by atoms with E-state index in [1.165, 1.54) is 0 Å². The Morgan fingerprint density at radius 2 is 1.89 bits per heavy atom. The zero-order chi connectivity index (χ0) is 13.6. The van der Waals surface area contributed by atoms with Gasteiger partial charge in [0.1, 0.15) is 0 Å². The molecule has 4 heteroatoms. The molecule has 0 saturated carbocycles. The summed E-state index contributed by atoms with van der Waals surface area (Å²) in [5, 5.41) is 3.31. The van der Waals surface area contributed by atoms with Crippen LogP contribution in [-0.4, -0.2) is 26.8 Å². The van der Waals surface area contributed by atoms with Gasteiger partial charge in [-0.1, -0.05) is 32.0 Å². The van der Waals surface area contributed by atoms with Crippen LogP contribution in [0, 0.1) is 0 Å². The van der Waals surface area contributed by atoms with Crippen molar-refractivity contribution in [3.63, 3.8) is 0 Å². The Morgan fingerprint density at radius 1 is 1.22 bits per heavy atom. The van der Waals surface area contributed by atoms with E-state index in [0.29, 0.717) is 11.3 Å². The Hall–Kier alpha value is -0.870. The summed E-state index contributed by atoms with van der Waals surface area (Å²) in [4.78, 5) is 0.497. The molecule has 0 saturated heterocycles. The molecule has 0 amide bonds. The second kappa shape index (κ2) is 6.90. The topological polar surface area (TPSA) is 46.2 Å². The molecule has 0 aliphatic rings. The summed E-state index contributed by atoms with van der Waals surface area (Å²) >= 11 is 0. The summed E-state index contributed by atoms with van der Waals surface area (Å²) in [6.45, 7) is 6.91. The molecule has 0 fully saturated rings. The summed E-state index contributed by atoms with van der Waals surface area (Å²) in [5.41, 5.74) is 0.916. The highest BCUT2D eigenvalue weighted by molar-refractivity contribution is 7.91. The molecule has 1 atom stereocenters. The smallest absolute Gasteiger partial charge is 0.178 e. The molecule has 0 bridgehead atoms. The molecule has 0 heterocycles. The van der Waals surface area contributed by atoms with E-state index in [4.69, 9.17) is 0 Å². The first-order chi connectivity index (χ1) is 8.51. The molecular formula is C14H23NO2S. The Kier molecular flexibility index (Phi) is 5.82. The number of hydrogen-bond donors (Lipinski definition) is 1. The molecule has 0 aromatic heterocycles. The van der Waals surface area contributed by atoms with Crippen LogP contribution in [0.5, 0.6) is 0 Å². The van der Waals surface area contributed by atoms with Gasteiger partial charge in [-0.3, -0.25) is 0 Å². The molecule has 3 nitrogen and oxygen atoms in total. The molecule has 1 N–H and O–H groups in total. The molecule has 18 heavy (non-hydrogen) atoms. The van der Waals surface area contributed by atoms with Crippen molar-refractivity contribution in [1.29, 1.82) is 0 Å². The molecule has 102 valence electrons. The molecule has 0 spiro atoms. The lowest BCUT2D eigenvalue weighted by Gasteiger charge is -2.15. The fraction of sp³-hybridized carbons (Fsp3) is 0.571. The number of hydrogen-bond acceptors (Lipinski definition) is 3. The average Bonchev–Trinajstić information content (AvgIpc) is 2.29. The second-order valence-electron chi connectivity index (χ2n) is 4.59. The Bertz CT molecular complexity index is 468. The zero-order valence-corrected chi connectivity index (χ0v) is 12.3. The van der Waals surface area contributed by atoms with Crippen LogP contribution in [0.4, 0.5) is 0 Å². The Balaban J connectivity index is 3.00. The normalized spacial score (nSPS) is 13.5. The van der Waals surface area contributed by atoms with Crippen molar-refractivity contribution >= 4 is 9.84 Å². The summed E-state index contributed by atoms with van der Waals surface area (Å²) < 4.78 is 24.3. The molecular weight excluding hydrogens is 246 g/mol. The lowest BCUT2D eigenvalue weighted by Crippen LogP contribution is -2.28. The fourth-order valence-electron chi connectivity index (χ4n) is 2.11. The highest BCUT2D eigenvalue weighted by atomic mass is 32.2. The minimum absolute atomic E-state index is 0.222. The minimum Gasteiger partial charge on any atom is -0.314 e. The molecule has 1 aromatic rings. The monoisotopic (exact) mass is 269 g/mol. The van der Waals surface area contributed by atoms with E-state index in [9.17, 15) is 8.42 Å². The van der Waals surface area contributed by atoms with Crippen molar-refractivity contribution in [3.05, 3.63) is 29.8 Å². The second-order valence-corrected chi connectivity index (χ2v) is 6.67. The lowest BCUT2D eigenvalue weighted by molar-refractivity contribution is 0.558. The zero-order valence-electron chi connectivity index (χ0n) is 11.4. The van der Waals surface area contributed by atoms with Gasteiger partial charge in [0, 0.05) is 6.04 Å². The fourth-order valence-corrected chi connectivity index (χ4v) is 3.70. The third kappa shape index (κ3) is 4.10. The molecule has 0 radical (unpaired) electrons. The van der Waals surface area contributed by atoms with E-state index in [0.717, 1.165) is 18.5 Å². The maximum absolute atomic E-state index is 12.2. The maximum atomic E-state index is 12.2. The highest BCUT2D eigenvalue weighted by Gasteiger charge is 2.18. The summed E-state index contributed by atoms with van der Waals surface area (Å²) in [6, 6.07) is 7.62. The Morgan fingerprint density at radius 3 is 2.50 bits per heavy atom. The van der Waals surface area contributed by atoms with Crippen molar-refractivity contribution in [1.82, 2.24) is 5.32 Å². The largest absolute Gasteiger partial charge is 0.314 e. The molecule has 0 aliphatic heterocycles. The van der Waals surface area contributed by atoms with Crippen LogP contribution in [0.1, 0.15) is 32.8 Å². The maximum Gasteiger partial charge on any atom is 0.178 e. The third-order valence-electron chi connectivity index (χ3n) is 2.86. The van der Waals surface area contributed by atoms with Gasteiger partial charge in [0.05, 0.1) is 10.6 Å². The number of rotatable bonds is 7. The van der Waals surface area contributed by atoms with E-state index in [-0.39, 0.29) is 11.8 Å². The summed E-state index contributed by atoms with van der Waals surface area (Å²) in [6.07, 6.45) is 1.40. The quantitative estimate of drug-likeness (QED) is 0.827. The van der Waals surface area contributed by atoms with Gasteiger partial charge < -0.3 is 5.32 Å². The van der Waals surface area contributed by atoms with Gasteiger partial charge in [0.15, 0.2) is 9.84 Å². The standard InChI is InChI=1S/C14H23NO2S/c1-4-10-18(16,17)14-9-7-6-8-13(14)11-12(3)15-5-2/h6-9,12,15H,4-5,10-11H2,1-3H3. The van der Waals surface area contributed by atoms with Crippen LogP contribution < -0.4 is 5.32 Å². The van der Waals surface area contributed by atoms with Crippen LogP contribution in [-0.2, 0) is 16.3 Å². The third-order valence-corrected chi connectivity index (χ3v) is 4.87. The van der Waals surface area contributed by atoms with E-state index in [1.54, 1.807) is 12.1 Å². The molecule has 0 aliphatic carbocycles. The molecule has 1 unspecified atom stereocenters. The van der Waals surface area contributed by atoms with Crippen molar-refractivity contribution in [2.45, 2.75) is 44.6 Å². The van der Waals surface area contributed by atoms with Crippen molar-refractivity contribution in [3.8, 4) is 0 Å². The number of nitrogens with one attached hydrogen (secondary N) is 1. The summed E-state index contributed by atoms with van der Waals surface area (Å²) in [7, 11) is -3.13. The highest BCUT2D eigenvalue weighted by Crippen LogP contribution is 2.19. The van der Waals surface area contributed by atoms with Gasteiger partial charge in [0.25, 0.3) is 0 Å². The van der Waals surface area contributed by atoms with E-state index in [2.05, 4.69) is 19.2 Å². The predicted molar refractivity (Wildman–Crippen MR) is 75.6 cm³/mol. The van der Waals surface area contributed by atoms with E-state index >= 15 is 0 Å². The van der Waals surface area contributed by atoms with Crippen LogP contribution in [0.15, 0.2) is 29.2 Å². The van der Waals surface area contributed by atoms with Gasteiger partial charge in [-0.15, -0.1) is 0 Å². The van der Waals surface area contributed by atoms with Gasteiger partial charge in [-0.25, -0.2) is 8.42 Å². The van der Waals surface area contributed by atoms with Crippen molar-refractivity contribution in [2.24, 2.45) is 0 Å². The number of likely N-dealkylation sites (N-methyl/N-ethyl adjacent to an activating group) is 1. The molecule has 1 rings (SSSR count). The van der Waals surface area contributed by atoms with E-state index in [1.807, 2.05) is 19.1 Å². The van der Waals surface area contributed by atoms with Crippen LogP contribution in [0.3, 0.4) is 0 Å². The van der Waals surface area contributed by atoms with Gasteiger partial charge >= 0.3 is 0 Å². The SMILES string of the molecule is CCCS(=O)(=O)c1ccccc1CC(C)NCC. The van der Waals surface area contributed by atoms with Crippen molar-refractivity contribution < 1.29 is 8.42 Å². The molecule has 1 aromatic carbocycles. The van der Waals surface area contributed by atoms with Crippen LogP contribution in [0.2, 0.25) is 0 Å². The Labute approximate surface area is 111 Å². The lowest BCUT2D eigenvalue weighted by atomic mass is 10.1. The van der Waals surface area contributed by atoms with E-state index < -0.39 is 9.84 Å².